The van der Waals surface area contributed by atoms with Crippen molar-refractivity contribution in [3.8, 4) is 0 Å². The van der Waals surface area contributed by atoms with Crippen molar-refractivity contribution in [2.45, 2.75) is 51.5 Å². The third kappa shape index (κ3) is 3.46. The van der Waals surface area contributed by atoms with Gasteiger partial charge in [0, 0.05) is 6.04 Å². The molecule has 1 saturated heterocycles. The van der Waals surface area contributed by atoms with Crippen LogP contribution in [0.1, 0.15) is 45.4 Å². The minimum atomic E-state index is 0.808. The Labute approximate surface area is 94.4 Å². The Morgan fingerprint density at radius 2 is 1.93 bits per heavy atom. The van der Waals surface area contributed by atoms with Crippen LogP contribution < -0.4 is 5.32 Å². The van der Waals surface area contributed by atoms with Gasteiger partial charge in [0.05, 0.1) is 0 Å². The molecule has 0 aromatic rings. The van der Waals surface area contributed by atoms with E-state index in [-0.39, 0.29) is 0 Å². The zero-order valence-electron chi connectivity index (χ0n) is 10.2. The van der Waals surface area contributed by atoms with Gasteiger partial charge >= 0.3 is 0 Å². The van der Waals surface area contributed by atoms with Crippen LogP contribution in [0.15, 0.2) is 0 Å². The highest BCUT2D eigenvalue weighted by Gasteiger charge is 2.20. The van der Waals surface area contributed by atoms with E-state index in [1.807, 2.05) is 0 Å². The quantitative estimate of drug-likeness (QED) is 0.765. The van der Waals surface area contributed by atoms with E-state index in [4.69, 9.17) is 0 Å². The van der Waals surface area contributed by atoms with E-state index < -0.39 is 0 Å². The van der Waals surface area contributed by atoms with Gasteiger partial charge in [0.1, 0.15) is 0 Å². The minimum absolute atomic E-state index is 0.808. The highest BCUT2D eigenvalue weighted by Crippen LogP contribution is 2.25. The maximum Gasteiger partial charge on any atom is 0.00798 e. The molecule has 1 saturated carbocycles. The smallest absolute Gasteiger partial charge is 0.00798 e. The van der Waals surface area contributed by atoms with Crippen molar-refractivity contribution >= 4 is 0 Å². The lowest BCUT2D eigenvalue weighted by atomic mass is 9.85. The summed E-state index contributed by atoms with van der Waals surface area (Å²) in [5, 5.41) is 3.78. The lowest BCUT2D eigenvalue weighted by molar-refractivity contribution is 0.276. The third-order valence-corrected chi connectivity index (χ3v) is 4.19. The van der Waals surface area contributed by atoms with Gasteiger partial charge in [0.15, 0.2) is 0 Å². The number of likely N-dealkylation sites (tertiary alicyclic amines) is 1. The van der Waals surface area contributed by atoms with E-state index in [2.05, 4.69) is 17.1 Å². The largest absolute Gasteiger partial charge is 0.314 e. The van der Waals surface area contributed by atoms with Crippen molar-refractivity contribution in [3.63, 3.8) is 0 Å². The van der Waals surface area contributed by atoms with Crippen LogP contribution in [0.4, 0.5) is 0 Å². The van der Waals surface area contributed by atoms with Crippen LogP contribution in [0.25, 0.3) is 0 Å². The predicted molar refractivity (Wildman–Crippen MR) is 65.1 cm³/mol. The second kappa shape index (κ2) is 5.86. The average Bonchev–Trinajstić information content (AvgIpc) is 2.40. The first kappa shape index (κ1) is 11.4. The SMILES string of the molecule is CCN1CCCC(NCC2CCC2)CC1. The molecule has 2 heteroatoms. The number of nitrogens with zero attached hydrogens (tertiary/aromatic N) is 1. The molecule has 0 amide bonds. The van der Waals surface area contributed by atoms with Crippen molar-refractivity contribution in [2.75, 3.05) is 26.2 Å². The lowest BCUT2D eigenvalue weighted by Gasteiger charge is -2.28. The standard InChI is InChI=1S/C13H26N2/c1-2-15-9-4-7-13(8-10-15)14-11-12-5-3-6-12/h12-14H,2-11H2,1H3. The molecule has 15 heavy (non-hydrogen) atoms. The van der Waals surface area contributed by atoms with Gasteiger partial charge in [-0.05, 0) is 64.2 Å². The van der Waals surface area contributed by atoms with Gasteiger partial charge < -0.3 is 10.2 Å². The molecule has 1 unspecified atom stereocenters. The van der Waals surface area contributed by atoms with Gasteiger partial charge in [-0.2, -0.15) is 0 Å². The summed E-state index contributed by atoms with van der Waals surface area (Å²) in [5.41, 5.74) is 0. The minimum Gasteiger partial charge on any atom is -0.314 e. The molecule has 1 aliphatic carbocycles. The fraction of sp³-hybridized carbons (Fsp3) is 1.00. The number of hydrogen-bond acceptors (Lipinski definition) is 2. The molecule has 1 N–H and O–H groups in total. The highest BCUT2D eigenvalue weighted by atomic mass is 15.1. The fourth-order valence-electron chi connectivity index (χ4n) is 2.71. The topological polar surface area (TPSA) is 15.3 Å². The van der Waals surface area contributed by atoms with E-state index in [9.17, 15) is 0 Å². The molecule has 0 aromatic carbocycles. The van der Waals surface area contributed by atoms with Gasteiger partial charge in [0.2, 0.25) is 0 Å². The molecule has 2 fully saturated rings. The van der Waals surface area contributed by atoms with E-state index in [1.165, 1.54) is 64.7 Å². The summed E-state index contributed by atoms with van der Waals surface area (Å²) in [5.74, 6) is 1.01. The zero-order valence-corrected chi connectivity index (χ0v) is 10.2. The van der Waals surface area contributed by atoms with Gasteiger partial charge in [-0.15, -0.1) is 0 Å². The number of rotatable bonds is 4. The first-order chi connectivity index (χ1) is 7.38. The van der Waals surface area contributed by atoms with Crippen LogP contribution in [0, 0.1) is 5.92 Å². The third-order valence-electron chi connectivity index (χ3n) is 4.19. The molecule has 0 bridgehead atoms. The summed E-state index contributed by atoms with van der Waals surface area (Å²) < 4.78 is 0. The molecule has 2 nitrogen and oxygen atoms in total. The van der Waals surface area contributed by atoms with Gasteiger partial charge in [-0.25, -0.2) is 0 Å². The van der Waals surface area contributed by atoms with E-state index in [1.54, 1.807) is 0 Å². The van der Waals surface area contributed by atoms with E-state index in [0.717, 1.165) is 12.0 Å². The monoisotopic (exact) mass is 210 g/mol. The maximum atomic E-state index is 3.78. The zero-order chi connectivity index (χ0) is 10.5. The number of nitrogens with one attached hydrogen (secondary N) is 1. The highest BCUT2D eigenvalue weighted by molar-refractivity contribution is 4.78. The number of hydrogen-bond donors (Lipinski definition) is 1. The molecular formula is C13H26N2. The Hall–Kier alpha value is -0.0800. The molecule has 0 radical (unpaired) electrons. The summed E-state index contributed by atoms with van der Waals surface area (Å²) in [6.07, 6.45) is 8.56. The molecule has 1 heterocycles. The van der Waals surface area contributed by atoms with Crippen molar-refractivity contribution in [1.29, 1.82) is 0 Å². The maximum absolute atomic E-state index is 3.78. The molecule has 1 aliphatic heterocycles. The molecule has 2 aliphatic rings. The van der Waals surface area contributed by atoms with Gasteiger partial charge in [0.25, 0.3) is 0 Å². The summed E-state index contributed by atoms with van der Waals surface area (Å²) in [6, 6.07) is 0.808. The van der Waals surface area contributed by atoms with Crippen LogP contribution in [0.2, 0.25) is 0 Å². The Bertz CT molecular complexity index is 177. The Balaban J connectivity index is 1.64. The molecule has 0 spiro atoms. The van der Waals surface area contributed by atoms with Crippen LogP contribution in [0.3, 0.4) is 0 Å². The summed E-state index contributed by atoms with van der Waals surface area (Å²) in [6.45, 7) is 7.42. The van der Waals surface area contributed by atoms with E-state index >= 15 is 0 Å². The molecule has 0 aromatic heterocycles. The summed E-state index contributed by atoms with van der Waals surface area (Å²) in [7, 11) is 0. The van der Waals surface area contributed by atoms with Crippen molar-refractivity contribution in [2.24, 2.45) is 5.92 Å². The molecule has 1 atom stereocenters. The summed E-state index contributed by atoms with van der Waals surface area (Å²) >= 11 is 0. The van der Waals surface area contributed by atoms with Crippen molar-refractivity contribution < 1.29 is 0 Å². The van der Waals surface area contributed by atoms with Crippen molar-refractivity contribution in [3.05, 3.63) is 0 Å². The Morgan fingerprint density at radius 1 is 1.07 bits per heavy atom. The van der Waals surface area contributed by atoms with E-state index in [0.29, 0.717) is 0 Å². The van der Waals surface area contributed by atoms with Crippen molar-refractivity contribution in [1.82, 2.24) is 10.2 Å². The van der Waals surface area contributed by atoms with Crippen LogP contribution in [0.5, 0.6) is 0 Å². The Kier molecular flexibility index (Phi) is 4.45. The first-order valence-electron chi connectivity index (χ1n) is 6.84. The Morgan fingerprint density at radius 3 is 2.60 bits per heavy atom. The second-order valence-corrected chi connectivity index (χ2v) is 5.27. The fourth-order valence-corrected chi connectivity index (χ4v) is 2.71. The predicted octanol–water partition coefficient (Wildman–Crippen LogP) is 2.25. The van der Waals surface area contributed by atoms with Gasteiger partial charge in [-0.1, -0.05) is 13.3 Å². The lowest BCUT2D eigenvalue weighted by Crippen LogP contribution is -2.36. The average molecular weight is 210 g/mol. The molecule has 88 valence electrons. The van der Waals surface area contributed by atoms with Crippen LogP contribution in [-0.4, -0.2) is 37.1 Å². The normalized spacial score (nSPS) is 29.8. The molecule has 2 rings (SSSR count). The second-order valence-electron chi connectivity index (χ2n) is 5.27. The first-order valence-corrected chi connectivity index (χ1v) is 6.84. The van der Waals surface area contributed by atoms with Gasteiger partial charge in [-0.3, -0.25) is 0 Å². The summed E-state index contributed by atoms with van der Waals surface area (Å²) in [4.78, 5) is 2.59. The molecular weight excluding hydrogens is 184 g/mol. The van der Waals surface area contributed by atoms with Crippen LogP contribution in [-0.2, 0) is 0 Å². The van der Waals surface area contributed by atoms with Crippen LogP contribution >= 0.6 is 0 Å².